The molecule has 42 heavy (non-hydrogen) atoms. The van der Waals surface area contributed by atoms with Gasteiger partial charge in [-0.1, -0.05) is 63.5 Å². The molecule has 2 heterocycles. The zero-order valence-electron chi connectivity index (χ0n) is 23.9. The first-order valence-corrected chi connectivity index (χ1v) is 15.1. The number of aliphatic hydroxyl groups is 2. The van der Waals surface area contributed by atoms with Gasteiger partial charge in [0.25, 0.3) is 23.6 Å². The van der Waals surface area contributed by atoms with Crippen LogP contribution in [0.5, 0.6) is 0 Å². The number of nitrogens with zero attached hydrogens (tertiary/aromatic N) is 2. The fourth-order valence-electron chi connectivity index (χ4n) is 6.10. The molecule has 5 rings (SSSR count). The summed E-state index contributed by atoms with van der Waals surface area (Å²) in [5.74, 6) is -1.78. The number of benzene rings is 3. The van der Waals surface area contributed by atoms with Crippen molar-refractivity contribution in [3.63, 3.8) is 0 Å². The van der Waals surface area contributed by atoms with Crippen molar-refractivity contribution in [1.82, 2.24) is 4.90 Å². The Labute approximate surface area is 245 Å². The Morgan fingerprint density at radius 2 is 0.905 bits per heavy atom. The van der Waals surface area contributed by atoms with E-state index in [1.54, 1.807) is 48.5 Å². The van der Waals surface area contributed by atoms with Gasteiger partial charge in [0, 0.05) is 52.8 Å². The fraction of sp³-hybridized carbons (Fsp3) is 0.412. The number of anilines is 1. The van der Waals surface area contributed by atoms with Gasteiger partial charge in [0.2, 0.25) is 0 Å². The van der Waals surface area contributed by atoms with Gasteiger partial charge in [-0.15, -0.1) is 0 Å². The summed E-state index contributed by atoms with van der Waals surface area (Å²) in [6.07, 6.45) is 11.0. The van der Waals surface area contributed by atoms with Crippen LogP contribution in [-0.4, -0.2) is 58.5 Å². The van der Waals surface area contributed by atoms with Crippen LogP contribution in [0.2, 0.25) is 0 Å². The number of unbranched alkanes of at least 4 members (excludes halogenated alkanes) is 9. The summed E-state index contributed by atoms with van der Waals surface area (Å²) in [5, 5.41) is 18.8. The van der Waals surface area contributed by atoms with E-state index in [1.807, 2.05) is 0 Å². The van der Waals surface area contributed by atoms with Gasteiger partial charge in [-0.2, -0.15) is 0 Å². The molecule has 8 heteroatoms. The Hall–Kier alpha value is -3.88. The summed E-state index contributed by atoms with van der Waals surface area (Å²) in [6.45, 7) is 0.608. The topological polar surface area (TPSA) is 115 Å². The molecular weight excluding hydrogens is 532 g/mol. The monoisotopic (exact) mass is 570 g/mol. The second-order valence-corrected chi connectivity index (χ2v) is 11.2. The van der Waals surface area contributed by atoms with E-state index < -0.39 is 11.8 Å². The lowest BCUT2D eigenvalue weighted by Gasteiger charge is -2.32. The lowest BCUT2D eigenvalue weighted by atomic mass is 9.85. The maximum atomic E-state index is 13.6. The molecule has 0 aromatic heterocycles. The zero-order chi connectivity index (χ0) is 29.6. The van der Waals surface area contributed by atoms with Gasteiger partial charge < -0.3 is 10.2 Å². The molecular formula is C34H38N2O6. The quantitative estimate of drug-likeness (QED) is 0.180. The Balaban J connectivity index is 1.27. The number of amides is 4. The largest absolute Gasteiger partial charge is 0.396 e. The standard InChI is InChI=1S/C34H38N2O6/c37-21-10-8-6-4-2-1-3-5-7-9-20-35-31(39)25-15-17-27-30-28(18-16-26(29(25)30)32(35)40)34(42)36(33(27)41)24-13-11-23(12-14-24)19-22-38/h11-18,37-38H,1-10,19-22H2. The van der Waals surface area contributed by atoms with Crippen LogP contribution < -0.4 is 4.90 Å². The highest BCUT2D eigenvalue weighted by Gasteiger charge is 2.40. The van der Waals surface area contributed by atoms with Crippen LogP contribution in [-0.2, 0) is 6.42 Å². The van der Waals surface area contributed by atoms with Crippen molar-refractivity contribution < 1.29 is 29.4 Å². The van der Waals surface area contributed by atoms with Gasteiger partial charge in [0.1, 0.15) is 0 Å². The summed E-state index contributed by atoms with van der Waals surface area (Å²) < 4.78 is 0. The van der Waals surface area contributed by atoms with E-state index in [0.29, 0.717) is 40.6 Å². The average Bonchev–Trinajstić information content (AvgIpc) is 3.00. The van der Waals surface area contributed by atoms with E-state index in [2.05, 4.69) is 0 Å². The molecule has 4 amide bonds. The molecule has 220 valence electrons. The third-order valence-electron chi connectivity index (χ3n) is 8.36. The molecule has 2 aliphatic heterocycles. The number of hydrogen-bond acceptors (Lipinski definition) is 6. The molecule has 0 unspecified atom stereocenters. The van der Waals surface area contributed by atoms with Crippen LogP contribution in [0.3, 0.4) is 0 Å². The second kappa shape index (κ2) is 13.4. The first-order chi connectivity index (χ1) is 20.5. The van der Waals surface area contributed by atoms with Crippen molar-refractivity contribution >= 4 is 40.1 Å². The van der Waals surface area contributed by atoms with E-state index in [1.165, 1.54) is 24.2 Å². The van der Waals surface area contributed by atoms with E-state index >= 15 is 0 Å². The molecule has 0 fully saturated rings. The van der Waals surface area contributed by atoms with Crippen molar-refractivity contribution in [2.75, 3.05) is 24.7 Å². The maximum absolute atomic E-state index is 13.6. The van der Waals surface area contributed by atoms with Gasteiger partial charge in [-0.05, 0) is 61.2 Å². The smallest absolute Gasteiger partial charge is 0.265 e. The molecule has 3 aromatic rings. The van der Waals surface area contributed by atoms with Gasteiger partial charge in [0.15, 0.2) is 0 Å². The third kappa shape index (κ3) is 5.74. The number of imide groups is 2. The molecule has 0 saturated carbocycles. The van der Waals surface area contributed by atoms with Crippen molar-refractivity contribution in [2.24, 2.45) is 0 Å². The molecule has 0 atom stereocenters. The molecule has 0 spiro atoms. The van der Waals surface area contributed by atoms with Crippen molar-refractivity contribution in [3.05, 3.63) is 76.3 Å². The van der Waals surface area contributed by atoms with Crippen LogP contribution in [0.25, 0.3) is 10.8 Å². The molecule has 2 N–H and O–H groups in total. The summed E-state index contributed by atoms with van der Waals surface area (Å²) in [4.78, 5) is 56.6. The summed E-state index contributed by atoms with van der Waals surface area (Å²) >= 11 is 0. The number of rotatable bonds is 15. The van der Waals surface area contributed by atoms with Crippen molar-refractivity contribution in [1.29, 1.82) is 0 Å². The fourth-order valence-corrected chi connectivity index (χ4v) is 6.10. The SMILES string of the molecule is O=C1c2ccc3c4c(ccc(c24)C(=O)N1CCCCCCCCCCCCO)C(=O)N(c1ccc(CCO)cc1)C3=O. The zero-order valence-corrected chi connectivity index (χ0v) is 23.9. The lowest BCUT2D eigenvalue weighted by Crippen LogP contribution is -2.43. The van der Waals surface area contributed by atoms with Crippen LogP contribution in [0, 0.1) is 0 Å². The first-order valence-electron chi connectivity index (χ1n) is 15.1. The molecule has 2 aliphatic rings. The predicted molar refractivity (Wildman–Crippen MR) is 161 cm³/mol. The number of hydrogen-bond donors (Lipinski definition) is 2. The van der Waals surface area contributed by atoms with E-state index in [0.717, 1.165) is 55.4 Å². The molecule has 0 saturated heterocycles. The Morgan fingerprint density at radius 1 is 0.476 bits per heavy atom. The minimum atomic E-state index is -0.501. The van der Waals surface area contributed by atoms with Gasteiger partial charge >= 0.3 is 0 Å². The first kappa shape index (κ1) is 29.6. The summed E-state index contributed by atoms with van der Waals surface area (Å²) in [6, 6.07) is 13.3. The summed E-state index contributed by atoms with van der Waals surface area (Å²) in [7, 11) is 0. The van der Waals surface area contributed by atoms with E-state index in [-0.39, 0.29) is 36.2 Å². The Kier molecular flexibility index (Phi) is 9.45. The predicted octanol–water partition coefficient (Wildman–Crippen LogP) is 5.66. The number of carbonyl (C=O) groups excluding carboxylic acids is 4. The van der Waals surface area contributed by atoms with E-state index in [4.69, 9.17) is 5.11 Å². The number of carbonyl (C=O) groups is 4. The van der Waals surface area contributed by atoms with Crippen LogP contribution in [0.1, 0.15) is 111 Å². The minimum Gasteiger partial charge on any atom is -0.396 e. The second-order valence-electron chi connectivity index (χ2n) is 11.2. The van der Waals surface area contributed by atoms with Gasteiger partial charge in [0.05, 0.1) is 5.69 Å². The van der Waals surface area contributed by atoms with Gasteiger partial charge in [-0.3, -0.25) is 24.1 Å². The Morgan fingerprint density at radius 3 is 1.36 bits per heavy atom. The minimum absolute atomic E-state index is 0.00358. The van der Waals surface area contributed by atoms with E-state index in [9.17, 15) is 24.3 Å². The highest BCUT2D eigenvalue weighted by atomic mass is 16.3. The molecule has 0 aliphatic carbocycles. The highest BCUT2D eigenvalue weighted by Crippen LogP contribution is 2.39. The van der Waals surface area contributed by atoms with Gasteiger partial charge in [-0.25, -0.2) is 4.90 Å². The average molecular weight is 571 g/mol. The summed E-state index contributed by atoms with van der Waals surface area (Å²) in [5.41, 5.74) is 2.56. The molecule has 3 aromatic carbocycles. The lowest BCUT2D eigenvalue weighted by molar-refractivity contribution is 0.0606. The van der Waals surface area contributed by atoms with Crippen molar-refractivity contribution in [3.8, 4) is 0 Å². The Bertz CT molecular complexity index is 1430. The van der Waals surface area contributed by atoms with Crippen LogP contribution in [0.4, 0.5) is 5.69 Å². The molecule has 0 radical (unpaired) electrons. The number of aliphatic hydroxyl groups excluding tert-OH is 2. The normalized spacial score (nSPS) is 14.4. The van der Waals surface area contributed by atoms with Crippen LogP contribution in [0.15, 0.2) is 48.5 Å². The molecule has 8 nitrogen and oxygen atoms in total. The van der Waals surface area contributed by atoms with Crippen molar-refractivity contribution in [2.45, 2.75) is 70.6 Å². The molecule has 0 bridgehead atoms. The van der Waals surface area contributed by atoms with Crippen LogP contribution >= 0.6 is 0 Å². The third-order valence-corrected chi connectivity index (χ3v) is 8.36. The highest BCUT2D eigenvalue weighted by molar-refractivity contribution is 6.39. The maximum Gasteiger partial charge on any atom is 0.265 e.